The first-order chi connectivity index (χ1) is 6.74. The predicted octanol–water partition coefficient (Wildman–Crippen LogP) is 1.69. The minimum Gasteiger partial charge on any atom is -0.350 e. The van der Waals surface area contributed by atoms with Crippen molar-refractivity contribution in [1.29, 1.82) is 0 Å². The Bertz CT molecular complexity index is 176. The zero-order chi connectivity index (χ0) is 10.4. The lowest BCUT2D eigenvalue weighted by molar-refractivity contribution is -0.0505. The maximum absolute atomic E-state index is 5.41. The number of ether oxygens (including phenoxy) is 2. The Labute approximate surface area is 86.5 Å². The van der Waals surface area contributed by atoms with Gasteiger partial charge in [-0.25, -0.2) is 0 Å². The molecule has 0 bridgehead atoms. The largest absolute Gasteiger partial charge is 0.350 e. The van der Waals surface area contributed by atoms with E-state index in [0.717, 1.165) is 38.2 Å². The van der Waals surface area contributed by atoms with Gasteiger partial charge in [-0.15, -0.1) is 0 Å². The first-order valence-corrected chi connectivity index (χ1v) is 5.36. The molecule has 0 radical (unpaired) electrons. The van der Waals surface area contributed by atoms with E-state index in [1.165, 1.54) is 0 Å². The molecule has 0 amide bonds. The highest BCUT2D eigenvalue weighted by Gasteiger charge is 2.21. The lowest BCUT2D eigenvalue weighted by Crippen LogP contribution is -2.34. The van der Waals surface area contributed by atoms with Crippen LogP contribution in [0.15, 0.2) is 12.2 Å². The number of rotatable bonds is 6. The van der Waals surface area contributed by atoms with Gasteiger partial charge in [0.25, 0.3) is 0 Å². The molecule has 1 aliphatic heterocycles. The molecule has 0 saturated carbocycles. The monoisotopic (exact) mass is 199 g/mol. The van der Waals surface area contributed by atoms with Crippen molar-refractivity contribution in [1.82, 2.24) is 5.32 Å². The zero-order valence-corrected chi connectivity index (χ0v) is 9.21. The van der Waals surface area contributed by atoms with E-state index < -0.39 is 0 Å². The summed E-state index contributed by atoms with van der Waals surface area (Å²) in [5, 5.41) is 3.44. The van der Waals surface area contributed by atoms with Crippen LogP contribution in [0.1, 0.15) is 26.7 Å². The third kappa shape index (κ3) is 3.78. The van der Waals surface area contributed by atoms with Crippen LogP contribution in [0.3, 0.4) is 0 Å². The molecule has 1 aliphatic rings. The number of nitrogens with one attached hydrogen (secondary N) is 1. The molecule has 1 atom stereocenters. The topological polar surface area (TPSA) is 30.5 Å². The van der Waals surface area contributed by atoms with Crippen LogP contribution in [0, 0.1) is 0 Å². The Kier molecular flexibility index (Phi) is 5.15. The van der Waals surface area contributed by atoms with E-state index in [0.29, 0.717) is 6.04 Å². The molecular weight excluding hydrogens is 178 g/mol. The van der Waals surface area contributed by atoms with E-state index >= 15 is 0 Å². The summed E-state index contributed by atoms with van der Waals surface area (Å²) in [5.74, 6) is 0. The summed E-state index contributed by atoms with van der Waals surface area (Å²) in [6, 6.07) is 0.318. The van der Waals surface area contributed by atoms with Gasteiger partial charge in [-0.1, -0.05) is 19.1 Å². The molecule has 1 saturated heterocycles. The van der Waals surface area contributed by atoms with Gasteiger partial charge in [0.2, 0.25) is 0 Å². The molecule has 1 heterocycles. The van der Waals surface area contributed by atoms with Crippen LogP contribution in [0.2, 0.25) is 0 Å². The second-order valence-electron chi connectivity index (χ2n) is 3.76. The zero-order valence-electron chi connectivity index (χ0n) is 9.21. The Balaban J connectivity index is 2.30. The van der Waals surface area contributed by atoms with Gasteiger partial charge in [-0.05, 0) is 19.9 Å². The van der Waals surface area contributed by atoms with Crippen molar-refractivity contribution < 1.29 is 9.47 Å². The smallest absolute Gasteiger partial charge is 0.159 e. The van der Waals surface area contributed by atoms with Gasteiger partial charge in [0.1, 0.15) is 0 Å². The van der Waals surface area contributed by atoms with Gasteiger partial charge >= 0.3 is 0 Å². The van der Waals surface area contributed by atoms with E-state index in [4.69, 9.17) is 9.47 Å². The Hall–Kier alpha value is -0.380. The van der Waals surface area contributed by atoms with Gasteiger partial charge in [0, 0.05) is 12.5 Å². The van der Waals surface area contributed by atoms with Crippen molar-refractivity contribution in [3.05, 3.63) is 12.2 Å². The van der Waals surface area contributed by atoms with Crippen LogP contribution in [0.25, 0.3) is 0 Å². The summed E-state index contributed by atoms with van der Waals surface area (Å²) in [5.41, 5.74) is 1.15. The fourth-order valence-corrected chi connectivity index (χ4v) is 1.51. The third-order valence-electron chi connectivity index (χ3n) is 2.35. The van der Waals surface area contributed by atoms with Crippen LogP contribution in [-0.2, 0) is 9.47 Å². The third-order valence-corrected chi connectivity index (χ3v) is 2.35. The molecule has 3 nitrogen and oxygen atoms in total. The van der Waals surface area contributed by atoms with Gasteiger partial charge < -0.3 is 14.8 Å². The first kappa shape index (κ1) is 11.7. The lowest BCUT2D eigenvalue weighted by Gasteiger charge is -2.21. The molecule has 0 aliphatic carbocycles. The Morgan fingerprint density at radius 3 is 2.64 bits per heavy atom. The average Bonchev–Trinajstić information content (AvgIpc) is 2.64. The van der Waals surface area contributed by atoms with E-state index in [-0.39, 0.29) is 6.29 Å². The maximum Gasteiger partial charge on any atom is 0.159 e. The van der Waals surface area contributed by atoms with Crippen LogP contribution < -0.4 is 5.32 Å². The van der Waals surface area contributed by atoms with Gasteiger partial charge in [0.15, 0.2) is 6.29 Å². The lowest BCUT2D eigenvalue weighted by atomic mass is 10.1. The first-order valence-electron chi connectivity index (χ1n) is 5.36. The molecule has 0 aromatic heterocycles. The second kappa shape index (κ2) is 6.17. The van der Waals surface area contributed by atoms with Crippen LogP contribution in [-0.4, -0.2) is 32.1 Å². The van der Waals surface area contributed by atoms with Gasteiger partial charge in [0.05, 0.1) is 13.2 Å². The highest BCUT2D eigenvalue weighted by atomic mass is 16.7. The minimum atomic E-state index is -0.0407. The average molecular weight is 199 g/mol. The van der Waals surface area contributed by atoms with E-state index in [2.05, 4.69) is 18.8 Å². The normalized spacial score (nSPS) is 19.9. The minimum absolute atomic E-state index is 0.0407. The molecule has 82 valence electrons. The predicted molar refractivity (Wildman–Crippen MR) is 57.2 cm³/mol. The molecule has 1 rings (SSSR count). The molecule has 1 N–H and O–H groups in total. The summed E-state index contributed by atoms with van der Waals surface area (Å²) in [6.45, 7) is 10.6. The standard InChI is InChI=1S/C11H21NO2/c1-4-5-12-10(9(2)3)8-11-13-6-7-14-11/h10-12H,2,4-8H2,1,3H3. The molecule has 0 aromatic carbocycles. The molecule has 1 unspecified atom stereocenters. The summed E-state index contributed by atoms with van der Waals surface area (Å²) in [6.07, 6.45) is 1.96. The molecule has 0 aromatic rings. The van der Waals surface area contributed by atoms with E-state index in [1.54, 1.807) is 0 Å². The van der Waals surface area contributed by atoms with Crippen molar-refractivity contribution in [2.45, 2.75) is 39.0 Å². The molecule has 14 heavy (non-hydrogen) atoms. The van der Waals surface area contributed by atoms with Crippen molar-refractivity contribution in [3.8, 4) is 0 Å². The SMILES string of the molecule is C=C(C)C(CC1OCCO1)NCCC. The van der Waals surface area contributed by atoms with Crippen molar-refractivity contribution >= 4 is 0 Å². The fourth-order valence-electron chi connectivity index (χ4n) is 1.51. The summed E-state index contributed by atoms with van der Waals surface area (Å²) >= 11 is 0. The van der Waals surface area contributed by atoms with E-state index in [1.807, 2.05) is 6.92 Å². The van der Waals surface area contributed by atoms with E-state index in [9.17, 15) is 0 Å². The summed E-state index contributed by atoms with van der Waals surface area (Å²) in [4.78, 5) is 0. The molecule has 3 heteroatoms. The van der Waals surface area contributed by atoms with Gasteiger partial charge in [-0.3, -0.25) is 0 Å². The second-order valence-corrected chi connectivity index (χ2v) is 3.76. The summed E-state index contributed by atoms with van der Waals surface area (Å²) in [7, 11) is 0. The quantitative estimate of drug-likeness (QED) is 0.660. The number of hydrogen-bond donors (Lipinski definition) is 1. The van der Waals surface area contributed by atoms with Crippen molar-refractivity contribution in [3.63, 3.8) is 0 Å². The highest BCUT2D eigenvalue weighted by molar-refractivity contribution is 5.01. The van der Waals surface area contributed by atoms with Crippen LogP contribution >= 0.6 is 0 Å². The summed E-state index contributed by atoms with van der Waals surface area (Å²) < 4.78 is 10.8. The van der Waals surface area contributed by atoms with Gasteiger partial charge in [-0.2, -0.15) is 0 Å². The Morgan fingerprint density at radius 2 is 2.14 bits per heavy atom. The fraction of sp³-hybridized carbons (Fsp3) is 0.818. The maximum atomic E-state index is 5.41. The molecule has 1 fully saturated rings. The highest BCUT2D eigenvalue weighted by Crippen LogP contribution is 2.14. The van der Waals surface area contributed by atoms with Crippen LogP contribution in [0.4, 0.5) is 0 Å². The Morgan fingerprint density at radius 1 is 1.50 bits per heavy atom. The molecular formula is C11H21NO2. The van der Waals surface area contributed by atoms with Crippen LogP contribution in [0.5, 0.6) is 0 Å². The van der Waals surface area contributed by atoms with Crippen molar-refractivity contribution in [2.75, 3.05) is 19.8 Å². The number of hydrogen-bond acceptors (Lipinski definition) is 3. The van der Waals surface area contributed by atoms with Crippen molar-refractivity contribution in [2.24, 2.45) is 0 Å². The molecule has 0 spiro atoms.